The van der Waals surface area contributed by atoms with Crippen LogP contribution in [0.3, 0.4) is 0 Å². The van der Waals surface area contributed by atoms with E-state index in [4.69, 9.17) is 4.74 Å². The largest absolute Gasteiger partial charge is 0.371 e. The number of aromatic nitrogens is 2. The van der Waals surface area contributed by atoms with Crippen molar-refractivity contribution in [3.63, 3.8) is 0 Å². The van der Waals surface area contributed by atoms with E-state index in [9.17, 15) is 9.59 Å². The third kappa shape index (κ3) is 2.61. The molecule has 2 atom stereocenters. The highest BCUT2D eigenvalue weighted by Gasteiger charge is 2.40. The van der Waals surface area contributed by atoms with E-state index in [1.807, 2.05) is 17.7 Å². The number of hydrogen-bond acceptors (Lipinski definition) is 4. The first-order chi connectivity index (χ1) is 10.6. The maximum absolute atomic E-state index is 12.8. The van der Waals surface area contributed by atoms with Crippen molar-refractivity contribution in [2.24, 2.45) is 5.92 Å². The molecule has 2 fully saturated rings. The van der Waals surface area contributed by atoms with Crippen LogP contribution in [-0.4, -0.2) is 64.7 Å². The van der Waals surface area contributed by atoms with Gasteiger partial charge in [0, 0.05) is 39.5 Å². The second-order valence-corrected chi connectivity index (χ2v) is 5.83. The van der Waals surface area contributed by atoms with Crippen LogP contribution < -0.4 is 0 Å². The second kappa shape index (κ2) is 6.08. The molecular weight excluding hydrogens is 284 g/mol. The molecule has 1 aromatic heterocycles. The number of carbonyl (C=O) groups excluding carboxylic acids is 2. The Balaban J connectivity index is 1.75. The van der Waals surface area contributed by atoms with Gasteiger partial charge < -0.3 is 14.5 Å². The molecule has 0 bridgehead atoms. The van der Waals surface area contributed by atoms with Gasteiger partial charge in [0.2, 0.25) is 11.8 Å². The molecule has 3 heterocycles. The Hall–Kier alpha value is -1.89. The molecule has 2 saturated heterocycles. The second-order valence-electron chi connectivity index (χ2n) is 5.83. The van der Waals surface area contributed by atoms with E-state index in [0.29, 0.717) is 26.1 Å². The van der Waals surface area contributed by atoms with E-state index in [1.54, 1.807) is 23.0 Å². The number of hydrogen-bond donors (Lipinski definition) is 0. The van der Waals surface area contributed by atoms with Gasteiger partial charge in [0.25, 0.3) is 0 Å². The molecule has 2 aliphatic rings. The quantitative estimate of drug-likeness (QED) is 0.804. The standard InChI is InChI=1S/C15H22N4O3/c1-3-19-12(4-6-16-19)14-11(5-9-22-14)15(21)18-8-7-17(2)13(20)10-18/h4,6,11,14H,3,5,7-10H2,1-2H3/t11-,14-/m1/s1. The maximum atomic E-state index is 12.8. The number of rotatable bonds is 3. The van der Waals surface area contributed by atoms with E-state index in [0.717, 1.165) is 12.2 Å². The number of carbonyl (C=O) groups is 2. The lowest BCUT2D eigenvalue weighted by Gasteiger charge is -2.34. The van der Waals surface area contributed by atoms with Gasteiger partial charge in [0.15, 0.2) is 0 Å². The van der Waals surface area contributed by atoms with Crippen molar-refractivity contribution >= 4 is 11.8 Å². The summed E-state index contributed by atoms with van der Waals surface area (Å²) in [4.78, 5) is 28.0. The normalized spacial score (nSPS) is 25.8. The van der Waals surface area contributed by atoms with Gasteiger partial charge in [-0.05, 0) is 19.4 Å². The number of piperazine rings is 1. The first-order valence-electron chi connectivity index (χ1n) is 7.78. The minimum absolute atomic E-state index is 0.00587. The summed E-state index contributed by atoms with van der Waals surface area (Å²) < 4.78 is 7.68. The molecule has 0 aromatic carbocycles. The Kier molecular flexibility index (Phi) is 4.15. The van der Waals surface area contributed by atoms with Crippen molar-refractivity contribution in [1.29, 1.82) is 0 Å². The van der Waals surface area contributed by atoms with Crippen LogP contribution in [0.25, 0.3) is 0 Å². The first-order valence-corrected chi connectivity index (χ1v) is 7.78. The van der Waals surface area contributed by atoms with E-state index in [1.165, 1.54) is 0 Å². The molecule has 2 amide bonds. The highest BCUT2D eigenvalue weighted by Crippen LogP contribution is 2.35. The molecule has 0 N–H and O–H groups in total. The van der Waals surface area contributed by atoms with E-state index < -0.39 is 0 Å². The highest BCUT2D eigenvalue weighted by atomic mass is 16.5. The summed E-state index contributed by atoms with van der Waals surface area (Å²) in [6, 6.07) is 1.91. The molecule has 1 aromatic rings. The third-order valence-electron chi connectivity index (χ3n) is 4.52. The third-order valence-corrected chi connectivity index (χ3v) is 4.52. The van der Waals surface area contributed by atoms with Gasteiger partial charge in [-0.1, -0.05) is 0 Å². The summed E-state index contributed by atoms with van der Waals surface area (Å²) in [5, 5.41) is 4.26. The molecule has 120 valence electrons. The average molecular weight is 306 g/mol. The summed E-state index contributed by atoms with van der Waals surface area (Å²) in [7, 11) is 1.77. The van der Waals surface area contributed by atoms with Crippen molar-refractivity contribution in [2.75, 3.05) is 33.3 Å². The SMILES string of the molecule is CCn1nccc1[C@@H]1OCC[C@H]1C(=O)N1CCN(C)C(=O)C1. The van der Waals surface area contributed by atoms with E-state index >= 15 is 0 Å². The number of ether oxygens (including phenoxy) is 1. The maximum Gasteiger partial charge on any atom is 0.241 e. The number of amides is 2. The van der Waals surface area contributed by atoms with Crippen LogP contribution in [-0.2, 0) is 20.9 Å². The fourth-order valence-electron chi connectivity index (χ4n) is 3.16. The Labute approximate surface area is 129 Å². The Morgan fingerprint density at radius 3 is 3.00 bits per heavy atom. The van der Waals surface area contributed by atoms with Crippen LogP contribution in [0.15, 0.2) is 12.3 Å². The van der Waals surface area contributed by atoms with Gasteiger partial charge in [-0.15, -0.1) is 0 Å². The lowest BCUT2D eigenvalue weighted by Crippen LogP contribution is -2.52. The molecule has 7 nitrogen and oxygen atoms in total. The molecule has 0 saturated carbocycles. The van der Waals surface area contributed by atoms with Crippen LogP contribution in [0.2, 0.25) is 0 Å². The topological polar surface area (TPSA) is 67.7 Å². The van der Waals surface area contributed by atoms with Crippen molar-refractivity contribution in [1.82, 2.24) is 19.6 Å². The van der Waals surface area contributed by atoms with Crippen LogP contribution in [0, 0.1) is 5.92 Å². The van der Waals surface area contributed by atoms with Crippen LogP contribution in [0.1, 0.15) is 25.1 Å². The van der Waals surface area contributed by atoms with Gasteiger partial charge >= 0.3 is 0 Å². The molecule has 22 heavy (non-hydrogen) atoms. The summed E-state index contributed by atoms with van der Waals surface area (Å²) in [6.07, 6.45) is 2.17. The van der Waals surface area contributed by atoms with Crippen molar-refractivity contribution in [3.8, 4) is 0 Å². The number of nitrogens with zero attached hydrogens (tertiary/aromatic N) is 4. The minimum Gasteiger partial charge on any atom is -0.371 e. The molecular formula is C15H22N4O3. The van der Waals surface area contributed by atoms with Gasteiger partial charge in [0.05, 0.1) is 18.2 Å². The van der Waals surface area contributed by atoms with Crippen LogP contribution >= 0.6 is 0 Å². The zero-order valence-electron chi connectivity index (χ0n) is 13.1. The average Bonchev–Trinajstić information content (AvgIpc) is 3.16. The predicted octanol–water partition coefficient (Wildman–Crippen LogP) is 0.281. The summed E-state index contributed by atoms with van der Waals surface area (Å²) in [5.74, 6) is -0.209. The number of likely N-dealkylation sites (N-methyl/N-ethyl adjacent to an activating group) is 1. The fourth-order valence-corrected chi connectivity index (χ4v) is 3.16. The fraction of sp³-hybridized carbons (Fsp3) is 0.667. The minimum atomic E-state index is -0.260. The smallest absolute Gasteiger partial charge is 0.241 e. The Bertz CT molecular complexity index is 571. The zero-order chi connectivity index (χ0) is 15.7. The monoisotopic (exact) mass is 306 g/mol. The number of aryl methyl sites for hydroxylation is 1. The van der Waals surface area contributed by atoms with Crippen molar-refractivity contribution < 1.29 is 14.3 Å². The lowest BCUT2D eigenvalue weighted by atomic mass is 9.96. The molecule has 2 aliphatic heterocycles. The van der Waals surface area contributed by atoms with Gasteiger partial charge in [0.1, 0.15) is 6.10 Å². The van der Waals surface area contributed by atoms with Gasteiger partial charge in [-0.3, -0.25) is 14.3 Å². The Morgan fingerprint density at radius 2 is 2.27 bits per heavy atom. The van der Waals surface area contributed by atoms with Gasteiger partial charge in [-0.25, -0.2) is 0 Å². The van der Waals surface area contributed by atoms with Crippen molar-refractivity contribution in [2.45, 2.75) is 26.0 Å². The highest BCUT2D eigenvalue weighted by molar-refractivity contribution is 5.87. The van der Waals surface area contributed by atoms with Crippen molar-refractivity contribution in [3.05, 3.63) is 18.0 Å². The summed E-state index contributed by atoms with van der Waals surface area (Å²) in [5.41, 5.74) is 0.943. The lowest BCUT2D eigenvalue weighted by molar-refractivity contribution is -0.147. The molecule has 0 unspecified atom stereocenters. The molecule has 0 spiro atoms. The van der Waals surface area contributed by atoms with Gasteiger partial charge in [-0.2, -0.15) is 5.10 Å². The molecule has 3 rings (SSSR count). The molecule has 7 heteroatoms. The zero-order valence-corrected chi connectivity index (χ0v) is 13.1. The molecule has 0 aliphatic carbocycles. The van der Waals surface area contributed by atoms with Crippen LogP contribution in [0.5, 0.6) is 0 Å². The van der Waals surface area contributed by atoms with E-state index in [2.05, 4.69) is 5.10 Å². The Morgan fingerprint density at radius 1 is 1.45 bits per heavy atom. The van der Waals surface area contributed by atoms with E-state index in [-0.39, 0.29) is 30.4 Å². The summed E-state index contributed by atoms with van der Waals surface area (Å²) in [6.45, 7) is 4.69. The summed E-state index contributed by atoms with van der Waals surface area (Å²) >= 11 is 0. The van der Waals surface area contributed by atoms with Crippen LogP contribution in [0.4, 0.5) is 0 Å². The predicted molar refractivity (Wildman–Crippen MR) is 78.9 cm³/mol. The first kappa shape index (κ1) is 15.0. The molecule has 0 radical (unpaired) electrons.